The third kappa shape index (κ3) is 3.73. The van der Waals surface area contributed by atoms with Crippen molar-refractivity contribution in [2.75, 3.05) is 0 Å². The quantitative estimate of drug-likeness (QED) is 0.483. The zero-order chi connectivity index (χ0) is 17.8. The number of thiophene rings is 1. The van der Waals surface area contributed by atoms with Crippen molar-refractivity contribution in [2.24, 2.45) is 0 Å². The molecule has 0 N–H and O–H groups in total. The van der Waals surface area contributed by atoms with Gasteiger partial charge in [0.15, 0.2) is 5.76 Å². The van der Waals surface area contributed by atoms with Gasteiger partial charge in [-0.25, -0.2) is 9.78 Å². The van der Waals surface area contributed by atoms with Gasteiger partial charge in [0.05, 0.1) is 16.8 Å². The standard InChI is InChI=1S/C19H15N3O3S/c23-19(15-5-3-14(4-6-15)11-22-8-7-20-13-22)24-12-16-10-17(25-21-16)18-2-1-9-26-18/h1-10,13H,11-12H2. The summed E-state index contributed by atoms with van der Waals surface area (Å²) in [5.41, 5.74) is 2.16. The number of aromatic nitrogens is 3. The van der Waals surface area contributed by atoms with E-state index >= 15 is 0 Å². The third-order valence-electron chi connectivity index (χ3n) is 3.79. The smallest absolute Gasteiger partial charge is 0.338 e. The molecule has 4 rings (SSSR count). The summed E-state index contributed by atoms with van der Waals surface area (Å²) in [6, 6.07) is 13.0. The van der Waals surface area contributed by atoms with Gasteiger partial charge >= 0.3 is 5.97 Å². The highest BCUT2D eigenvalue weighted by Crippen LogP contribution is 2.25. The lowest BCUT2D eigenvalue weighted by Gasteiger charge is -2.05. The average Bonchev–Trinajstić information content (AvgIpc) is 3.41. The van der Waals surface area contributed by atoms with Crippen molar-refractivity contribution in [3.63, 3.8) is 0 Å². The number of hydrogen-bond donors (Lipinski definition) is 0. The van der Waals surface area contributed by atoms with Gasteiger partial charge in [0, 0.05) is 25.0 Å². The molecule has 0 aliphatic carbocycles. The molecular weight excluding hydrogens is 350 g/mol. The van der Waals surface area contributed by atoms with Gasteiger partial charge in [0.1, 0.15) is 12.3 Å². The summed E-state index contributed by atoms with van der Waals surface area (Å²) in [6.07, 6.45) is 5.38. The molecule has 0 atom stereocenters. The molecule has 1 aromatic carbocycles. The average molecular weight is 365 g/mol. The van der Waals surface area contributed by atoms with Crippen molar-refractivity contribution >= 4 is 17.3 Å². The van der Waals surface area contributed by atoms with E-state index in [1.807, 2.05) is 40.4 Å². The van der Waals surface area contributed by atoms with Gasteiger partial charge in [-0.3, -0.25) is 0 Å². The number of imidazole rings is 1. The normalized spacial score (nSPS) is 10.8. The van der Waals surface area contributed by atoms with Crippen LogP contribution in [0.4, 0.5) is 0 Å². The number of esters is 1. The van der Waals surface area contributed by atoms with Crippen LogP contribution in [0.1, 0.15) is 21.6 Å². The Hall–Kier alpha value is -3.19. The molecule has 26 heavy (non-hydrogen) atoms. The number of hydrogen-bond acceptors (Lipinski definition) is 6. The highest BCUT2D eigenvalue weighted by atomic mass is 32.1. The number of carbonyl (C=O) groups is 1. The minimum Gasteiger partial charge on any atom is -0.455 e. The Kier molecular flexibility index (Phi) is 4.61. The SMILES string of the molecule is O=C(OCc1cc(-c2cccs2)on1)c1ccc(Cn2ccnc2)cc1. The van der Waals surface area contributed by atoms with Gasteiger partial charge < -0.3 is 13.8 Å². The zero-order valence-corrected chi connectivity index (χ0v) is 14.6. The topological polar surface area (TPSA) is 70.2 Å². The van der Waals surface area contributed by atoms with Crippen LogP contribution in [-0.2, 0) is 17.9 Å². The molecule has 0 unspecified atom stereocenters. The minimum atomic E-state index is -0.389. The third-order valence-corrected chi connectivity index (χ3v) is 4.67. The van der Waals surface area contributed by atoms with Crippen LogP contribution in [0, 0.1) is 0 Å². The first kappa shape index (κ1) is 16.3. The molecule has 0 amide bonds. The maximum absolute atomic E-state index is 12.2. The summed E-state index contributed by atoms with van der Waals surface area (Å²) in [6.45, 7) is 0.782. The Morgan fingerprint density at radius 3 is 2.85 bits per heavy atom. The number of nitrogens with zero attached hydrogens (tertiary/aromatic N) is 3. The van der Waals surface area contributed by atoms with Crippen molar-refractivity contribution in [2.45, 2.75) is 13.2 Å². The Bertz CT molecular complexity index is 974. The number of rotatable bonds is 6. The van der Waals surface area contributed by atoms with E-state index in [4.69, 9.17) is 9.26 Å². The van der Waals surface area contributed by atoms with Crippen LogP contribution >= 0.6 is 11.3 Å². The molecule has 7 heteroatoms. The molecular formula is C19H15N3O3S. The van der Waals surface area contributed by atoms with E-state index in [-0.39, 0.29) is 12.6 Å². The van der Waals surface area contributed by atoms with Crippen molar-refractivity contribution in [3.05, 3.63) is 83.4 Å². The second-order valence-electron chi connectivity index (χ2n) is 5.67. The Morgan fingerprint density at radius 2 is 2.12 bits per heavy atom. The molecule has 0 saturated carbocycles. The van der Waals surface area contributed by atoms with Crippen molar-refractivity contribution in [3.8, 4) is 10.6 Å². The molecule has 0 bridgehead atoms. The first-order valence-electron chi connectivity index (χ1n) is 7.99. The number of ether oxygens (including phenoxy) is 1. The minimum absolute atomic E-state index is 0.0739. The molecule has 0 aliphatic heterocycles. The zero-order valence-electron chi connectivity index (χ0n) is 13.7. The van der Waals surface area contributed by atoms with Crippen LogP contribution in [0.5, 0.6) is 0 Å². The highest BCUT2D eigenvalue weighted by molar-refractivity contribution is 7.13. The van der Waals surface area contributed by atoms with E-state index in [1.54, 1.807) is 42.1 Å². The van der Waals surface area contributed by atoms with Gasteiger partial charge in [0.2, 0.25) is 0 Å². The molecule has 3 aromatic heterocycles. The molecule has 0 saturated heterocycles. The van der Waals surface area contributed by atoms with E-state index < -0.39 is 0 Å². The number of benzene rings is 1. The lowest BCUT2D eigenvalue weighted by Crippen LogP contribution is -2.06. The van der Waals surface area contributed by atoms with E-state index in [9.17, 15) is 4.79 Å². The predicted octanol–water partition coefficient (Wildman–Crippen LogP) is 4.00. The largest absolute Gasteiger partial charge is 0.455 e. The van der Waals surface area contributed by atoms with Crippen molar-refractivity contribution < 1.29 is 14.1 Å². The fourth-order valence-electron chi connectivity index (χ4n) is 2.47. The summed E-state index contributed by atoms with van der Waals surface area (Å²) in [7, 11) is 0. The summed E-state index contributed by atoms with van der Waals surface area (Å²) in [4.78, 5) is 17.2. The molecule has 0 fully saturated rings. The Labute approximate surface area is 153 Å². The molecule has 0 spiro atoms. The maximum Gasteiger partial charge on any atom is 0.338 e. The van der Waals surface area contributed by atoms with Crippen LogP contribution in [0.2, 0.25) is 0 Å². The van der Waals surface area contributed by atoms with Gasteiger partial charge in [-0.05, 0) is 29.1 Å². The molecule has 3 heterocycles. The molecule has 4 aromatic rings. The fourth-order valence-corrected chi connectivity index (χ4v) is 3.15. The summed E-state index contributed by atoms with van der Waals surface area (Å²) in [5.74, 6) is 0.287. The second-order valence-corrected chi connectivity index (χ2v) is 6.62. The predicted molar refractivity (Wildman–Crippen MR) is 96.7 cm³/mol. The highest BCUT2D eigenvalue weighted by Gasteiger charge is 2.11. The second kappa shape index (κ2) is 7.37. The van der Waals surface area contributed by atoms with Gasteiger partial charge in [-0.2, -0.15) is 0 Å². The lowest BCUT2D eigenvalue weighted by molar-refractivity contribution is 0.0464. The van der Waals surface area contributed by atoms with E-state index in [0.717, 1.165) is 10.4 Å². The Morgan fingerprint density at radius 1 is 1.23 bits per heavy atom. The summed E-state index contributed by atoms with van der Waals surface area (Å²) >= 11 is 1.57. The number of carbonyl (C=O) groups excluding carboxylic acids is 1. The van der Waals surface area contributed by atoms with E-state index in [0.29, 0.717) is 23.6 Å². The Balaban J connectivity index is 1.34. The van der Waals surface area contributed by atoms with Crippen LogP contribution in [-0.4, -0.2) is 20.7 Å². The van der Waals surface area contributed by atoms with Crippen LogP contribution in [0.25, 0.3) is 10.6 Å². The van der Waals surface area contributed by atoms with Crippen molar-refractivity contribution in [1.29, 1.82) is 0 Å². The summed E-state index contributed by atoms with van der Waals surface area (Å²) in [5, 5.41) is 5.91. The van der Waals surface area contributed by atoms with Crippen LogP contribution < -0.4 is 0 Å². The van der Waals surface area contributed by atoms with Gasteiger partial charge in [-0.1, -0.05) is 23.4 Å². The molecule has 0 aliphatic rings. The monoisotopic (exact) mass is 365 g/mol. The van der Waals surface area contributed by atoms with E-state index in [1.165, 1.54) is 0 Å². The maximum atomic E-state index is 12.2. The first-order chi connectivity index (χ1) is 12.8. The molecule has 0 radical (unpaired) electrons. The van der Waals surface area contributed by atoms with Crippen LogP contribution in [0.3, 0.4) is 0 Å². The molecule has 130 valence electrons. The summed E-state index contributed by atoms with van der Waals surface area (Å²) < 4.78 is 12.6. The van der Waals surface area contributed by atoms with Gasteiger partial charge in [-0.15, -0.1) is 11.3 Å². The lowest BCUT2D eigenvalue weighted by atomic mass is 10.1. The van der Waals surface area contributed by atoms with E-state index in [2.05, 4.69) is 10.1 Å². The van der Waals surface area contributed by atoms with Crippen LogP contribution in [0.15, 0.2) is 71.1 Å². The van der Waals surface area contributed by atoms with Crippen molar-refractivity contribution in [1.82, 2.24) is 14.7 Å². The fraction of sp³-hybridized carbons (Fsp3) is 0.105. The van der Waals surface area contributed by atoms with Gasteiger partial charge in [0.25, 0.3) is 0 Å². The molecule has 6 nitrogen and oxygen atoms in total. The first-order valence-corrected chi connectivity index (χ1v) is 8.87.